The van der Waals surface area contributed by atoms with Crippen LogP contribution < -0.4 is 10.6 Å². The van der Waals surface area contributed by atoms with Crippen LogP contribution in [0.15, 0.2) is 24.3 Å². The zero-order valence-electron chi connectivity index (χ0n) is 13.2. The first-order valence-electron chi connectivity index (χ1n) is 7.96. The van der Waals surface area contributed by atoms with Gasteiger partial charge in [-0.1, -0.05) is 29.8 Å². The van der Waals surface area contributed by atoms with Crippen molar-refractivity contribution in [2.24, 2.45) is 11.8 Å². The summed E-state index contributed by atoms with van der Waals surface area (Å²) in [6, 6.07) is 8.31. The van der Waals surface area contributed by atoms with Gasteiger partial charge in [0.1, 0.15) is 0 Å². The summed E-state index contributed by atoms with van der Waals surface area (Å²) in [5, 5.41) is 6.49. The van der Waals surface area contributed by atoms with Crippen LogP contribution >= 0.6 is 12.4 Å². The quantitative estimate of drug-likeness (QED) is 0.884. The smallest absolute Gasteiger partial charge is 0.234 e. The molecule has 0 saturated carbocycles. The van der Waals surface area contributed by atoms with E-state index in [0.717, 1.165) is 43.6 Å². The molecule has 2 N–H and O–H groups in total. The first-order chi connectivity index (χ1) is 10.2. The molecule has 2 unspecified atom stereocenters. The lowest BCUT2D eigenvalue weighted by Crippen LogP contribution is -2.45. The van der Waals surface area contributed by atoms with Gasteiger partial charge in [0.25, 0.3) is 0 Å². The minimum absolute atomic E-state index is 0. The van der Waals surface area contributed by atoms with Crippen molar-refractivity contribution in [3.05, 3.63) is 35.4 Å². The fraction of sp³-hybridized carbons (Fsp3) is 0.588. The van der Waals surface area contributed by atoms with Gasteiger partial charge in [0.15, 0.2) is 0 Å². The second-order valence-electron chi connectivity index (χ2n) is 6.46. The Hall–Kier alpha value is -1.10. The van der Waals surface area contributed by atoms with Gasteiger partial charge in [-0.15, -0.1) is 12.4 Å². The number of piperidine rings is 1. The Kier molecular flexibility index (Phi) is 6.24. The number of carbonyl (C=O) groups is 1. The summed E-state index contributed by atoms with van der Waals surface area (Å²) >= 11 is 0. The Balaban J connectivity index is 0.00000176. The number of halogens is 1. The molecule has 0 spiro atoms. The molecular weight excluding hydrogens is 298 g/mol. The number of nitrogens with one attached hydrogen (secondary N) is 2. The van der Waals surface area contributed by atoms with Crippen LogP contribution in [0.4, 0.5) is 0 Å². The van der Waals surface area contributed by atoms with Crippen LogP contribution in [-0.2, 0) is 11.3 Å². The molecule has 0 aliphatic carbocycles. The highest BCUT2D eigenvalue weighted by Crippen LogP contribution is 2.26. The van der Waals surface area contributed by atoms with Gasteiger partial charge in [-0.05, 0) is 50.4 Å². The van der Waals surface area contributed by atoms with Gasteiger partial charge in [0, 0.05) is 13.1 Å². The molecule has 2 atom stereocenters. The molecule has 22 heavy (non-hydrogen) atoms. The van der Waals surface area contributed by atoms with Crippen molar-refractivity contribution in [3.8, 4) is 0 Å². The summed E-state index contributed by atoms with van der Waals surface area (Å²) in [6.45, 7) is 7.64. The van der Waals surface area contributed by atoms with Gasteiger partial charge in [0.05, 0.1) is 6.54 Å². The number of hydrogen-bond acceptors (Lipinski definition) is 3. The molecule has 3 rings (SSSR count). The molecule has 2 aliphatic heterocycles. The van der Waals surface area contributed by atoms with E-state index in [1.165, 1.54) is 12.0 Å². The Morgan fingerprint density at radius 1 is 1.27 bits per heavy atom. The van der Waals surface area contributed by atoms with Crippen LogP contribution in [0.2, 0.25) is 0 Å². The van der Waals surface area contributed by atoms with Crippen LogP contribution in [0.1, 0.15) is 17.5 Å². The SMILES string of the molecule is Cc1ccc(CNC(=O)CN2CCC3CNCC3C2)cc1.Cl. The maximum Gasteiger partial charge on any atom is 0.234 e. The second kappa shape index (κ2) is 7.95. The number of hydrogen-bond donors (Lipinski definition) is 2. The van der Waals surface area contributed by atoms with Crippen LogP contribution in [0.5, 0.6) is 0 Å². The van der Waals surface area contributed by atoms with Gasteiger partial charge < -0.3 is 10.6 Å². The van der Waals surface area contributed by atoms with Crippen molar-refractivity contribution in [3.63, 3.8) is 0 Å². The fourth-order valence-corrected chi connectivity index (χ4v) is 3.42. The number of aryl methyl sites for hydroxylation is 1. The number of likely N-dealkylation sites (tertiary alicyclic amines) is 1. The van der Waals surface area contributed by atoms with Crippen molar-refractivity contribution in [1.29, 1.82) is 0 Å². The molecule has 2 heterocycles. The minimum Gasteiger partial charge on any atom is -0.351 e. The van der Waals surface area contributed by atoms with Gasteiger partial charge in [-0.3, -0.25) is 9.69 Å². The van der Waals surface area contributed by atoms with E-state index in [0.29, 0.717) is 13.1 Å². The topological polar surface area (TPSA) is 44.4 Å². The summed E-state index contributed by atoms with van der Waals surface area (Å²) in [5.41, 5.74) is 2.41. The summed E-state index contributed by atoms with van der Waals surface area (Å²) in [5.74, 6) is 1.71. The van der Waals surface area contributed by atoms with E-state index >= 15 is 0 Å². The van der Waals surface area contributed by atoms with Crippen molar-refractivity contribution >= 4 is 18.3 Å². The molecule has 1 aromatic carbocycles. The first kappa shape index (κ1) is 17.3. The lowest BCUT2D eigenvalue weighted by molar-refractivity contribution is -0.122. The fourth-order valence-electron chi connectivity index (χ4n) is 3.42. The van der Waals surface area contributed by atoms with Crippen LogP contribution in [0.3, 0.4) is 0 Å². The molecule has 2 aliphatic rings. The highest BCUT2D eigenvalue weighted by molar-refractivity contribution is 5.85. The van der Waals surface area contributed by atoms with Crippen LogP contribution in [0, 0.1) is 18.8 Å². The van der Waals surface area contributed by atoms with Crippen LogP contribution in [0.25, 0.3) is 0 Å². The lowest BCUT2D eigenvalue weighted by atomic mass is 9.89. The van der Waals surface area contributed by atoms with Crippen molar-refractivity contribution in [1.82, 2.24) is 15.5 Å². The highest BCUT2D eigenvalue weighted by Gasteiger charge is 2.33. The standard InChI is InChI=1S/C17H25N3O.ClH/c1-13-2-4-14(5-3-13)8-19-17(21)12-20-7-6-15-9-18-10-16(15)11-20;/h2-5,15-16,18H,6-12H2,1H3,(H,19,21);1H. The van der Waals surface area contributed by atoms with Gasteiger partial charge in [-0.2, -0.15) is 0 Å². The zero-order valence-corrected chi connectivity index (χ0v) is 14.0. The van der Waals surface area contributed by atoms with Gasteiger partial charge in [0.2, 0.25) is 5.91 Å². The second-order valence-corrected chi connectivity index (χ2v) is 6.46. The maximum absolute atomic E-state index is 12.1. The number of fused-ring (bicyclic) bond motifs is 1. The summed E-state index contributed by atoms with van der Waals surface area (Å²) in [6.07, 6.45) is 1.23. The Morgan fingerprint density at radius 3 is 2.77 bits per heavy atom. The monoisotopic (exact) mass is 323 g/mol. The number of amides is 1. The average Bonchev–Trinajstić information content (AvgIpc) is 2.94. The number of rotatable bonds is 4. The molecule has 1 amide bonds. The summed E-state index contributed by atoms with van der Waals surface area (Å²) < 4.78 is 0. The van der Waals surface area contributed by atoms with Crippen molar-refractivity contribution in [2.75, 3.05) is 32.7 Å². The zero-order chi connectivity index (χ0) is 14.7. The van der Waals surface area contributed by atoms with E-state index in [4.69, 9.17) is 0 Å². The molecule has 0 aromatic heterocycles. The summed E-state index contributed by atoms with van der Waals surface area (Å²) in [7, 11) is 0. The minimum atomic E-state index is 0. The molecule has 1 aromatic rings. The van der Waals surface area contributed by atoms with Crippen molar-refractivity contribution in [2.45, 2.75) is 19.9 Å². The molecule has 4 nitrogen and oxygen atoms in total. The molecular formula is C17H26ClN3O. The summed E-state index contributed by atoms with van der Waals surface area (Å²) in [4.78, 5) is 14.4. The third kappa shape index (κ3) is 4.45. The van der Waals surface area contributed by atoms with E-state index < -0.39 is 0 Å². The number of benzene rings is 1. The van der Waals surface area contributed by atoms with Gasteiger partial charge >= 0.3 is 0 Å². The lowest BCUT2D eigenvalue weighted by Gasteiger charge is -2.33. The number of nitrogens with zero attached hydrogens (tertiary/aromatic N) is 1. The highest BCUT2D eigenvalue weighted by atomic mass is 35.5. The Labute approximate surface area is 139 Å². The van der Waals surface area contributed by atoms with E-state index in [9.17, 15) is 4.79 Å². The van der Waals surface area contributed by atoms with E-state index in [-0.39, 0.29) is 18.3 Å². The molecule has 122 valence electrons. The molecule has 0 radical (unpaired) electrons. The largest absolute Gasteiger partial charge is 0.351 e. The first-order valence-corrected chi connectivity index (χ1v) is 7.96. The van der Waals surface area contributed by atoms with E-state index in [1.807, 2.05) is 0 Å². The molecule has 2 fully saturated rings. The molecule has 2 saturated heterocycles. The normalized spacial score (nSPS) is 24.4. The van der Waals surface area contributed by atoms with Crippen LogP contribution in [-0.4, -0.2) is 43.5 Å². The van der Waals surface area contributed by atoms with E-state index in [1.54, 1.807) is 0 Å². The molecule has 5 heteroatoms. The third-order valence-corrected chi connectivity index (χ3v) is 4.77. The van der Waals surface area contributed by atoms with Gasteiger partial charge in [-0.25, -0.2) is 0 Å². The predicted octanol–water partition coefficient (Wildman–Crippen LogP) is 1.57. The maximum atomic E-state index is 12.1. The predicted molar refractivity (Wildman–Crippen MR) is 91.2 cm³/mol. The average molecular weight is 324 g/mol. The Morgan fingerprint density at radius 2 is 2.00 bits per heavy atom. The third-order valence-electron chi connectivity index (χ3n) is 4.77. The molecule has 0 bridgehead atoms. The Bertz CT molecular complexity index is 491. The van der Waals surface area contributed by atoms with E-state index in [2.05, 4.69) is 46.7 Å². The van der Waals surface area contributed by atoms with Crippen molar-refractivity contribution < 1.29 is 4.79 Å². The number of carbonyl (C=O) groups excluding carboxylic acids is 1.